The van der Waals surface area contributed by atoms with E-state index in [1.165, 1.54) is 27.8 Å². The van der Waals surface area contributed by atoms with E-state index in [0.717, 1.165) is 28.9 Å². The van der Waals surface area contributed by atoms with E-state index in [1.54, 1.807) is 6.20 Å². The average Bonchev–Trinajstić information content (AvgIpc) is 3.30. The quantitative estimate of drug-likeness (QED) is 0.150. The van der Waals surface area contributed by atoms with Gasteiger partial charge in [0.25, 0.3) is 0 Å². The first-order chi connectivity index (χ1) is 18.1. The second-order valence-electron chi connectivity index (χ2n) is 9.73. The van der Waals surface area contributed by atoms with Crippen molar-refractivity contribution in [3.05, 3.63) is 116 Å². The molecule has 0 radical (unpaired) electrons. The predicted octanol–water partition coefficient (Wildman–Crippen LogP) is 6.96. The van der Waals surface area contributed by atoms with Crippen molar-refractivity contribution in [2.45, 2.75) is 20.4 Å². The topological polar surface area (TPSA) is 24.9 Å². The molecule has 6 aromatic rings. The number of para-hydroxylation sites is 1. The Morgan fingerprint density at radius 3 is 2.47 bits per heavy atom. The third-order valence-corrected chi connectivity index (χ3v) is 6.62. The molecule has 3 heterocycles. The Bertz CT molecular complexity index is 1650. The monoisotopic (exact) mass is 673 g/mol. The van der Waals surface area contributed by atoms with Crippen LogP contribution in [-0.4, -0.2) is 16.6 Å². The minimum absolute atomic E-state index is 0. The van der Waals surface area contributed by atoms with Gasteiger partial charge in [-0.2, -0.15) is 0 Å². The van der Waals surface area contributed by atoms with Crippen molar-refractivity contribution < 1.29 is 24.7 Å². The minimum Gasteiger partial charge on any atom is -0.394 e. The molecule has 0 spiro atoms. The zero-order chi connectivity index (χ0) is 25.4. The predicted molar refractivity (Wildman–Crippen MR) is 150 cm³/mol. The van der Waals surface area contributed by atoms with Crippen LogP contribution < -0.4 is 9.47 Å². The molecule has 0 saturated carbocycles. The van der Waals surface area contributed by atoms with Crippen LogP contribution in [0.5, 0.6) is 0 Å². The molecule has 188 valence electrons. The summed E-state index contributed by atoms with van der Waals surface area (Å²) in [6.45, 7) is 5.44. The van der Waals surface area contributed by atoms with Crippen LogP contribution in [0.15, 0.2) is 97.2 Å². The van der Waals surface area contributed by atoms with E-state index in [4.69, 9.17) is 0 Å². The van der Waals surface area contributed by atoms with E-state index in [-0.39, 0.29) is 20.1 Å². The normalized spacial score (nSPS) is 11.6. The number of hydrogen-bond donors (Lipinski definition) is 0. The van der Waals surface area contributed by atoms with Crippen molar-refractivity contribution in [1.82, 2.24) is 9.55 Å². The first-order valence-electron chi connectivity index (χ1n) is 12.6. The molecule has 0 saturated heterocycles. The Hall–Kier alpha value is -3.79. The number of fused-ring (bicyclic) bond motifs is 3. The zero-order valence-corrected chi connectivity index (χ0v) is 24.0. The summed E-state index contributed by atoms with van der Waals surface area (Å²) in [5.41, 5.74) is 7.91. The summed E-state index contributed by atoms with van der Waals surface area (Å²) in [4.78, 5) is 6.49. The maximum Gasteiger partial charge on any atom is 3.00 e. The molecule has 38 heavy (non-hydrogen) atoms. The van der Waals surface area contributed by atoms with E-state index in [1.807, 2.05) is 42.5 Å². The standard InChI is InChI=1S/C22H20N3.C11H8N.Ir/c1-15(2)13-24-14-25-21-12-17-8-5-4-7-16(17)11-20(21)23(3)18-9-6-10-19(24)22(18)25;1-2-6-10(7-3-1)11-8-4-5-9-12-11;/h4-11,15H,13H2,1-3H3;1-6,8-9H;/q2*-1;+3. The molecule has 5 heteroatoms. The molecular weight excluding hydrogens is 645 g/mol. The smallest absolute Gasteiger partial charge is 0.394 e. The van der Waals surface area contributed by atoms with Gasteiger partial charge in [-0.3, -0.25) is 0 Å². The number of hydrogen-bond acceptors (Lipinski definition) is 2. The van der Waals surface area contributed by atoms with Crippen LogP contribution in [0.25, 0.3) is 38.8 Å². The van der Waals surface area contributed by atoms with Gasteiger partial charge in [0.05, 0.1) is 17.6 Å². The number of rotatable bonds is 3. The van der Waals surface area contributed by atoms with Crippen molar-refractivity contribution in [3.63, 3.8) is 0 Å². The number of benzene rings is 4. The van der Waals surface area contributed by atoms with Crippen LogP contribution in [0.2, 0.25) is 0 Å². The average molecular weight is 673 g/mol. The van der Waals surface area contributed by atoms with Crippen molar-refractivity contribution in [1.29, 1.82) is 0 Å². The van der Waals surface area contributed by atoms with Gasteiger partial charge < -0.3 is 19.0 Å². The fourth-order valence-corrected chi connectivity index (χ4v) is 4.90. The third-order valence-electron chi connectivity index (χ3n) is 6.62. The van der Waals surface area contributed by atoms with E-state index in [2.05, 4.69) is 107 Å². The van der Waals surface area contributed by atoms with Crippen LogP contribution in [-0.2, 0) is 26.7 Å². The van der Waals surface area contributed by atoms with Crippen LogP contribution in [0.4, 0.5) is 11.4 Å². The fourth-order valence-electron chi connectivity index (χ4n) is 4.90. The van der Waals surface area contributed by atoms with Crippen molar-refractivity contribution in [2.24, 2.45) is 5.92 Å². The first kappa shape index (κ1) is 25.8. The maximum absolute atomic E-state index is 4.22. The van der Waals surface area contributed by atoms with Gasteiger partial charge in [0.15, 0.2) is 0 Å². The molecule has 1 aliphatic heterocycles. The van der Waals surface area contributed by atoms with Gasteiger partial charge in [-0.05, 0) is 35.1 Å². The summed E-state index contributed by atoms with van der Waals surface area (Å²) in [5.74, 6) is 0.572. The summed E-state index contributed by atoms with van der Waals surface area (Å²) in [5, 5.41) is 2.35. The van der Waals surface area contributed by atoms with Crippen LogP contribution in [0.3, 0.4) is 0 Å². The largest absolute Gasteiger partial charge is 3.00 e. The Kier molecular flexibility index (Phi) is 7.42. The third kappa shape index (κ3) is 4.76. The summed E-state index contributed by atoms with van der Waals surface area (Å²) in [6, 6.07) is 37.6. The van der Waals surface area contributed by atoms with Crippen LogP contribution in [0.1, 0.15) is 13.8 Å². The van der Waals surface area contributed by atoms with Crippen LogP contribution >= 0.6 is 0 Å². The van der Waals surface area contributed by atoms with Crippen molar-refractivity contribution in [3.8, 4) is 16.9 Å². The van der Waals surface area contributed by atoms with Crippen LogP contribution in [0, 0.1) is 24.4 Å². The Balaban J connectivity index is 0.000000191. The van der Waals surface area contributed by atoms with Crippen molar-refractivity contribution in [2.75, 3.05) is 11.9 Å². The molecule has 0 N–H and O–H groups in total. The number of pyridine rings is 1. The SMILES string of the molecule is CC(C)Cn1[c-][n+]2c3c(cccc31)N(C)c1cc3ccccc3[c-]c1-2.[Ir+3].[c-]1ccccc1-c1ccccn1. The number of imidazole rings is 1. The van der Waals surface area contributed by atoms with E-state index >= 15 is 0 Å². The molecule has 0 aliphatic carbocycles. The molecule has 2 aromatic heterocycles. The van der Waals surface area contributed by atoms with Gasteiger partial charge >= 0.3 is 20.1 Å². The molecule has 0 atom stereocenters. The maximum atomic E-state index is 4.22. The van der Waals surface area contributed by atoms with E-state index in [0.29, 0.717) is 5.92 Å². The minimum atomic E-state index is 0. The van der Waals surface area contributed by atoms with Crippen molar-refractivity contribution >= 4 is 33.2 Å². The molecule has 0 amide bonds. The number of nitrogens with zero attached hydrogens (tertiary/aromatic N) is 4. The molecule has 0 fully saturated rings. The Morgan fingerprint density at radius 2 is 1.71 bits per heavy atom. The molecule has 4 aromatic carbocycles. The zero-order valence-electron chi connectivity index (χ0n) is 21.6. The molecule has 4 nitrogen and oxygen atoms in total. The molecular formula is C33H28IrN4+. The molecule has 0 bridgehead atoms. The van der Waals surface area contributed by atoms with Gasteiger partial charge in [-0.25, -0.2) is 0 Å². The summed E-state index contributed by atoms with van der Waals surface area (Å²) in [7, 11) is 2.14. The van der Waals surface area contributed by atoms with Gasteiger partial charge in [-0.15, -0.1) is 70.9 Å². The van der Waals surface area contributed by atoms with E-state index < -0.39 is 0 Å². The van der Waals surface area contributed by atoms with Gasteiger partial charge in [0.1, 0.15) is 0 Å². The fraction of sp³-hybridized carbons (Fsp3) is 0.152. The summed E-state index contributed by atoms with van der Waals surface area (Å²) >= 11 is 0. The number of anilines is 2. The molecule has 7 rings (SSSR count). The van der Waals surface area contributed by atoms with Gasteiger partial charge in [0, 0.05) is 18.9 Å². The summed E-state index contributed by atoms with van der Waals surface area (Å²) in [6.07, 6.45) is 5.37. The second-order valence-corrected chi connectivity index (χ2v) is 9.73. The van der Waals surface area contributed by atoms with E-state index in [9.17, 15) is 0 Å². The first-order valence-corrected chi connectivity index (χ1v) is 12.6. The Labute approximate surface area is 237 Å². The molecule has 0 unspecified atom stereocenters. The summed E-state index contributed by atoms with van der Waals surface area (Å²) < 4.78 is 4.43. The number of aromatic nitrogens is 3. The molecule has 1 aliphatic rings. The second kappa shape index (κ2) is 10.9. The Morgan fingerprint density at radius 1 is 0.895 bits per heavy atom. The van der Waals surface area contributed by atoms with Gasteiger partial charge in [0.2, 0.25) is 6.33 Å². The van der Waals surface area contributed by atoms with Gasteiger partial charge in [-0.1, -0.05) is 50.2 Å².